The summed E-state index contributed by atoms with van der Waals surface area (Å²) in [5.41, 5.74) is 0.208. The predicted octanol–water partition coefficient (Wildman–Crippen LogP) is 5.99. The third-order valence-corrected chi connectivity index (χ3v) is 9.36. The second kappa shape index (κ2) is 10.1. The summed E-state index contributed by atoms with van der Waals surface area (Å²) in [7, 11) is 1.55. The molecule has 5 aliphatic rings. The zero-order valence-corrected chi connectivity index (χ0v) is 23.3. The Bertz CT molecular complexity index is 1200. The van der Waals surface area contributed by atoms with Gasteiger partial charge in [-0.25, -0.2) is 9.78 Å². The molecule has 3 unspecified atom stereocenters. The van der Waals surface area contributed by atoms with E-state index in [0.717, 1.165) is 31.2 Å². The van der Waals surface area contributed by atoms with E-state index < -0.39 is 29.9 Å². The molecule has 2 aromatic rings. The SMILES string of the molecule is COc1ccccc1OC(=O)C(C)c1ccc(O[C@H]2O[C@@H]3O[C@]4(C)CCC5[C@H](C)CCC([C@H]2C)[C@]53OO4)cc1. The summed E-state index contributed by atoms with van der Waals surface area (Å²) >= 11 is 0. The molecule has 0 aromatic heterocycles. The fourth-order valence-corrected chi connectivity index (χ4v) is 7.01. The molecule has 0 amide bonds. The van der Waals surface area contributed by atoms with Crippen molar-refractivity contribution in [3.63, 3.8) is 0 Å². The Balaban J connectivity index is 1.16. The van der Waals surface area contributed by atoms with Crippen molar-refractivity contribution in [2.45, 2.75) is 83.3 Å². The predicted molar refractivity (Wildman–Crippen MR) is 141 cm³/mol. The van der Waals surface area contributed by atoms with Gasteiger partial charge in [-0.2, -0.15) is 0 Å². The van der Waals surface area contributed by atoms with E-state index in [1.165, 1.54) is 0 Å². The van der Waals surface area contributed by atoms with Crippen LogP contribution in [0, 0.1) is 23.7 Å². The lowest BCUT2D eigenvalue weighted by atomic mass is 9.58. The van der Waals surface area contributed by atoms with Crippen LogP contribution >= 0.6 is 0 Å². The van der Waals surface area contributed by atoms with Gasteiger partial charge in [0.15, 0.2) is 23.4 Å². The molecule has 39 heavy (non-hydrogen) atoms. The minimum absolute atomic E-state index is 0.0698. The lowest BCUT2D eigenvalue weighted by molar-refractivity contribution is -0.575. The zero-order valence-electron chi connectivity index (χ0n) is 23.3. The van der Waals surface area contributed by atoms with Gasteiger partial charge in [-0.1, -0.05) is 38.1 Å². The minimum atomic E-state index is -0.821. The van der Waals surface area contributed by atoms with Crippen molar-refractivity contribution in [3.8, 4) is 17.2 Å². The fourth-order valence-electron chi connectivity index (χ4n) is 7.01. The first-order valence-electron chi connectivity index (χ1n) is 14.1. The third kappa shape index (κ3) is 4.51. The third-order valence-electron chi connectivity index (χ3n) is 9.36. The molecule has 9 atom stereocenters. The molecule has 8 heteroatoms. The van der Waals surface area contributed by atoms with Gasteiger partial charge in [-0.15, -0.1) is 0 Å². The van der Waals surface area contributed by atoms with Crippen LogP contribution in [0.5, 0.6) is 17.2 Å². The average molecular weight is 539 g/mol. The average Bonchev–Trinajstić information content (AvgIpc) is 3.17. The van der Waals surface area contributed by atoms with Crippen molar-refractivity contribution in [2.24, 2.45) is 23.7 Å². The molecule has 7 rings (SSSR count). The Morgan fingerprint density at radius 3 is 2.46 bits per heavy atom. The summed E-state index contributed by atoms with van der Waals surface area (Å²) in [6, 6.07) is 14.6. The van der Waals surface area contributed by atoms with Crippen LogP contribution in [0.15, 0.2) is 48.5 Å². The molecule has 210 valence electrons. The molecular formula is C31H38O8. The Hall–Kier alpha value is -2.65. The van der Waals surface area contributed by atoms with Gasteiger partial charge < -0.3 is 23.7 Å². The van der Waals surface area contributed by atoms with Crippen molar-refractivity contribution < 1.29 is 38.3 Å². The van der Waals surface area contributed by atoms with E-state index in [4.69, 9.17) is 33.5 Å². The van der Waals surface area contributed by atoms with Crippen molar-refractivity contribution in [3.05, 3.63) is 54.1 Å². The lowest BCUT2D eigenvalue weighted by Crippen LogP contribution is -2.70. The second-order valence-electron chi connectivity index (χ2n) is 11.8. The molecule has 5 fully saturated rings. The first kappa shape index (κ1) is 26.6. The highest BCUT2D eigenvalue weighted by Gasteiger charge is 2.69. The van der Waals surface area contributed by atoms with Crippen LogP contribution < -0.4 is 14.2 Å². The van der Waals surface area contributed by atoms with Gasteiger partial charge in [-0.05, 0) is 74.8 Å². The van der Waals surface area contributed by atoms with E-state index in [1.54, 1.807) is 25.3 Å². The van der Waals surface area contributed by atoms with Crippen LogP contribution in [0.2, 0.25) is 0 Å². The maximum Gasteiger partial charge on any atom is 0.318 e. The minimum Gasteiger partial charge on any atom is -0.493 e. The largest absolute Gasteiger partial charge is 0.493 e. The van der Waals surface area contributed by atoms with Crippen LogP contribution in [0.1, 0.15) is 64.9 Å². The number of carbonyl (C=O) groups excluding carboxylic acids is 1. The van der Waals surface area contributed by atoms with Gasteiger partial charge in [0, 0.05) is 18.3 Å². The highest BCUT2D eigenvalue weighted by Crippen LogP contribution is 2.60. The van der Waals surface area contributed by atoms with E-state index in [-0.39, 0.29) is 17.8 Å². The second-order valence-corrected chi connectivity index (χ2v) is 11.8. The standard InChI is InChI=1S/C31H38O8/c1-18-10-15-24-20(3)28(36-29-31(24)23(18)16-17-30(4,37-29)38-39-31)34-22-13-11-21(12-14-22)19(2)27(32)35-26-9-7-6-8-25(26)33-5/h6-9,11-14,18-20,23-24,28-29H,10,15-17H2,1-5H3/t18-,19?,20-,23?,24?,28+,29-,30+,31-/m1/s1. The number of carbonyl (C=O) groups is 1. The molecule has 1 spiro atoms. The molecule has 8 nitrogen and oxygen atoms in total. The van der Waals surface area contributed by atoms with Crippen LogP contribution in [-0.2, 0) is 24.0 Å². The maximum absolute atomic E-state index is 12.8. The fraction of sp³-hybridized carbons (Fsp3) is 0.581. The van der Waals surface area contributed by atoms with Gasteiger partial charge in [-0.3, -0.25) is 4.79 Å². The maximum atomic E-state index is 12.8. The Morgan fingerprint density at radius 2 is 1.72 bits per heavy atom. The smallest absolute Gasteiger partial charge is 0.318 e. The molecule has 2 aromatic carbocycles. The van der Waals surface area contributed by atoms with E-state index in [0.29, 0.717) is 29.1 Å². The summed E-state index contributed by atoms with van der Waals surface area (Å²) in [4.78, 5) is 25.0. The van der Waals surface area contributed by atoms with Crippen molar-refractivity contribution in [1.82, 2.24) is 0 Å². The molecule has 0 N–H and O–H groups in total. The highest BCUT2D eigenvalue weighted by molar-refractivity contribution is 5.80. The van der Waals surface area contributed by atoms with E-state index in [1.807, 2.05) is 44.2 Å². The van der Waals surface area contributed by atoms with E-state index in [9.17, 15) is 4.79 Å². The first-order chi connectivity index (χ1) is 18.7. The summed E-state index contributed by atoms with van der Waals surface area (Å²) in [6.45, 7) is 8.21. The van der Waals surface area contributed by atoms with Crippen LogP contribution in [0.3, 0.4) is 0 Å². The van der Waals surface area contributed by atoms with E-state index >= 15 is 0 Å². The number of fused-ring (bicyclic) bond motifs is 2. The number of para-hydroxylation sites is 2. The highest BCUT2D eigenvalue weighted by atomic mass is 17.3. The van der Waals surface area contributed by atoms with Gasteiger partial charge in [0.05, 0.1) is 13.0 Å². The summed E-state index contributed by atoms with van der Waals surface area (Å²) in [5, 5.41) is 0. The Kier molecular flexibility index (Phi) is 6.86. The first-order valence-corrected chi connectivity index (χ1v) is 14.1. The molecule has 0 radical (unpaired) electrons. The normalized spacial score (nSPS) is 37.8. The van der Waals surface area contributed by atoms with Crippen molar-refractivity contribution >= 4 is 5.97 Å². The van der Waals surface area contributed by atoms with Gasteiger partial charge in [0.25, 0.3) is 0 Å². The molecule has 1 aliphatic carbocycles. The molecule has 4 aliphatic heterocycles. The molecule has 1 saturated carbocycles. The van der Waals surface area contributed by atoms with Crippen LogP contribution in [0.4, 0.5) is 0 Å². The topological polar surface area (TPSA) is 81.7 Å². The van der Waals surface area contributed by atoms with E-state index in [2.05, 4.69) is 13.8 Å². The lowest BCUT2D eigenvalue weighted by Gasteiger charge is -2.60. The molecule has 4 heterocycles. The van der Waals surface area contributed by atoms with Crippen LogP contribution in [0.25, 0.3) is 0 Å². The number of benzene rings is 2. The van der Waals surface area contributed by atoms with Gasteiger partial charge in [0.2, 0.25) is 12.1 Å². The summed E-state index contributed by atoms with van der Waals surface area (Å²) < 4.78 is 30.3. The monoisotopic (exact) mass is 538 g/mol. The Morgan fingerprint density at radius 1 is 0.974 bits per heavy atom. The number of methoxy groups -OCH3 is 1. The number of hydrogen-bond donors (Lipinski definition) is 0. The molecule has 4 saturated heterocycles. The number of esters is 1. The number of rotatable bonds is 6. The Labute approximate surface area is 229 Å². The zero-order chi connectivity index (χ0) is 27.4. The number of ether oxygens (including phenoxy) is 5. The quantitative estimate of drug-likeness (QED) is 0.252. The summed E-state index contributed by atoms with van der Waals surface area (Å²) in [5.74, 6) is 1.01. The number of hydrogen-bond acceptors (Lipinski definition) is 8. The molecule has 2 bridgehead atoms. The van der Waals surface area contributed by atoms with Crippen LogP contribution in [-0.4, -0.2) is 37.0 Å². The summed E-state index contributed by atoms with van der Waals surface area (Å²) in [6.07, 6.45) is 2.86. The van der Waals surface area contributed by atoms with Crippen molar-refractivity contribution in [1.29, 1.82) is 0 Å². The van der Waals surface area contributed by atoms with Gasteiger partial charge in [0.1, 0.15) is 5.75 Å². The molecular weight excluding hydrogens is 500 g/mol. The van der Waals surface area contributed by atoms with Crippen molar-refractivity contribution in [2.75, 3.05) is 7.11 Å². The van der Waals surface area contributed by atoms with Gasteiger partial charge >= 0.3 is 5.97 Å².